The number of rotatable bonds is 4. The summed E-state index contributed by atoms with van der Waals surface area (Å²) in [5, 5.41) is 1.35. The van der Waals surface area contributed by atoms with E-state index in [0.29, 0.717) is 15.6 Å². The van der Waals surface area contributed by atoms with Crippen molar-refractivity contribution in [3.63, 3.8) is 0 Å². The molecule has 150 valence electrons. The minimum Gasteiger partial charge on any atom is -0.340 e. The molecule has 0 N–H and O–H groups in total. The highest BCUT2D eigenvalue weighted by atomic mass is 35.5. The molecule has 5 nitrogen and oxygen atoms in total. The van der Waals surface area contributed by atoms with Crippen molar-refractivity contribution >= 4 is 62.3 Å². The SMILES string of the molecule is O=C(Cc1c(Cl)cccc1Cl)N1CCN(S(=O)(=O)c2cc(Cl)cc(Cl)c2)CC1. The van der Waals surface area contributed by atoms with Gasteiger partial charge in [0.1, 0.15) is 0 Å². The van der Waals surface area contributed by atoms with Crippen molar-refractivity contribution in [3.05, 3.63) is 62.1 Å². The summed E-state index contributed by atoms with van der Waals surface area (Å²) in [6, 6.07) is 9.26. The van der Waals surface area contributed by atoms with E-state index in [1.807, 2.05) is 0 Å². The topological polar surface area (TPSA) is 57.7 Å². The minimum absolute atomic E-state index is 0.0348. The Bertz CT molecular complexity index is 965. The van der Waals surface area contributed by atoms with E-state index in [-0.39, 0.29) is 53.4 Å². The van der Waals surface area contributed by atoms with E-state index in [4.69, 9.17) is 46.4 Å². The third-order valence-electron chi connectivity index (χ3n) is 4.45. The fraction of sp³-hybridized carbons (Fsp3) is 0.278. The minimum atomic E-state index is -3.74. The molecule has 2 aromatic carbocycles. The highest BCUT2D eigenvalue weighted by Gasteiger charge is 2.30. The standard InChI is InChI=1S/C18H16Cl4N2O3S/c19-12-8-13(20)10-14(9-12)28(26,27)24-6-4-23(5-7-24)18(25)11-15-16(21)2-1-3-17(15)22/h1-3,8-10H,4-7,11H2. The van der Waals surface area contributed by atoms with E-state index in [2.05, 4.69) is 0 Å². The first-order valence-electron chi connectivity index (χ1n) is 8.35. The van der Waals surface area contributed by atoms with Crippen LogP contribution in [0.3, 0.4) is 0 Å². The molecule has 0 radical (unpaired) electrons. The zero-order valence-corrected chi connectivity index (χ0v) is 18.4. The molecule has 0 aromatic heterocycles. The number of benzene rings is 2. The molecule has 0 atom stereocenters. The molecular weight excluding hydrogens is 466 g/mol. The fourth-order valence-corrected chi connectivity index (χ4v) is 5.65. The van der Waals surface area contributed by atoms with E-state index in [1.54, 1.807) is 23.1 Å². The average Bonchev–Trinajstić information content (AvgIpc) is 2.64. The largest absolute Gasteiger partial charge is 0.340 e. The zero-order valence-electron chi connectivity index (χ0n) is 14.5. The lowest BCUT2D eigenvalue weighted by molar-refractivity contribution is -0.131. The lowest BCUT2D eigenvalue weighted by Crippen LogP contribution is -2.50. The van der Waals surface area contributed by atoms with Gasteiger partial charge in [-0.2, -0.15) is 4.31 Å². The van der Waals surface area contributed by atoms with Crippen molar-refractivity contribution in [2.24, 2.45) is 0 Å². The van der Waals surface area contributed by atoms with Crippen LogP contribution in [0.4, 0.5) is 0 Å². The second kappa shape index (κ2) is 8.78. The highest BCUT2D eigenvalue weighted by molar-refractivity contribution is 7.89. The van der Waals surface area contributed by atoms with Crippen LogP contribution < -0.4 is 0 Å². The smallest absolute Gasteiger partial charge is 0.243 e. The van der Waals surface area contributed by atoms with Gasteiger partial charge in [-0.1, -0.05) is 52.5 Å². The lowest BCUT2D eigenvalue weighted by Gasteiger charge is -2.34. The number of nitrogens with zero attached hydrogens (tertiary/aromatic N) is 2. The van der Waals surface area contributed by atoms with Crippen molar-refractivity contribution < 1.29 is 13.2 Å². The Hall–Kier alpha value is -1.02. The molecule has 1 amide bonds. The monoisotopic (exact) mass is 480 g/mol. The number of hydrogen-bond acceptors (Lipinski definition) is 3. The van der Waals surface area contributed by atoms with Gasteiger partial charge < -0.3 is 4.90 Å². The number of amides is 1. The number of carbonyl (C=O) groups excluding carboxylic acids is 1. The maximum absolute atomic E-state index is 12.8. The van der Waals surface area contributed by atoms with E-state index >= 15 is 0 Å². The van der Waals surface area contributed by atoms with Crippen LogP contribution in [0.25, 0.3) is 0 Å². The van der Waals surface area contributed by atoms with Gasteiger partial charge >= 0.3 is 0 Å². The van der Waals surface area contributed by atoms with E-state index in [9.17, 15) is 13.2 Å². The third-order valence-corrected chi connectivity index (χ3v) is 7.48. The van der Waals surface area contributed by atoms with Crippen LogP contribution in [-0.2, 0) is 21.2 Å². The molecule has 0 unspecified atom stereocenters. The van der Waals surface area contributed by atoms with Gasteiger partial charge in [-0.05, 0) is 35.9 Å². The number of hydrogen-bond donors (Lipinski definition) is 0. The summed E-state index contributed by atoms with van der Waals surface area (Å²) in [4.78, 5) is 14.2. The van der Waals surface area contributed by atoms with Gasteiger partial charge in [0.15, 0.2) is 0 Å². The number of piperazine rings is 1. The second-order valence-corrected chi connectivity index (χ2v) is 9.89. The first-order valence-corrected chi connectivity index (χ1v) is 11.3. The number of carbonyl (C=O) groups is 1. The molecule has 1 saturated heterocycles. The van der Waals surface area contributed by atoms with Crippen molar-refractivity contribution in [2.75, 3.05) is 26.2 Å². The normalized spacial score (nSPS) is 15.6. The summed E-state index contributed by atoms with van der Waals surface area (Å²) in [6.45, 7) is 0.895. The van der Waals surface area contributed by atoms with Crippen LogP contribution in [-0.4, -0.2) is 49.7 Å². The Balaban J connectivity index is 1.67. The molecule has 0 spiro atoms. The second-order valence-electron chi connectivity index (χ2n) is 6.27. The molecule has 10 heteroatoms. The van der Waals surface area contributed by atoms with Gasteiger partial charge in [-0.25, -0.2) is 8.42 Å². The maximum Gasteiger partial charge on any atom is 0.243 e. The Labute approximate surface area is 183 Å². The van der Waals surface area contributed by atoms with Crippen LogP contribution in [0.15, 0.2) is 41.3 Å². The Morgan fingerprint density at radius 1 is 0.893 bits per heavy atom. The van der Waals surface area contributed by atoms with E-state index in [0.717, 1.165) is 0 Å². The van der Waals surface area contributed by atoms with Crippen LogP contribution in [0.1, 0.15) is 5.56 Å². The van der Waals surface area contributed by atoms with Gasteiger partial charge in [-0.15, -0.1) is 0 Å². The summed E-state index contributed by atoms with van der Waals surface area (Å²) < 4.78 is 27.0. The number of halogens is 4. The molecular formula is C18H16Cl4N2O3S. The summed E-state index contributed by atoms with van der Waals surface area (Å²) in [5.41, 5.74) is 0.569. The molecule has 3 rings (SSSR count). The molecule has 0 saturated carbocycles. The molecule has 2 aromatic rings. The van der Waals surface area contributed by atoms with E-state index < -0.39 is 10.0 Å². The van der Waals surface area contributed by atoms with Crippen LogP contribution in [0.5, 0.6) is 0 Å². The lowest BCUT2D eigenvalue weighted by atomic mass is 10.1. The first-order chi connectivity index (χ1) is 13.2. The number of sulfonamides is 1. The molecule has 28 heavy (non-hydrogen) atoms. The predicted molar refractivity (Wildman–Crippen MR) is 112 cm³/mol. The van der Waals surface area contributed by atoms with Crippen molar-refractivity contribution in [1.29, 1.82) is 0 Å². The summed E-state index contributed by atoms with van der Waals surface area (Å²) >= 11 is 24.1. The summed E-state index contributed by atoms with van der Waals surface area (Å²) in [5.74, 6) is -0.155. The molecule has 1 aliphatic heterocycles. The quantitative estimate of drug-likeness (QED) is 0.651. The molecule has 0 bridgehead atoms. The zero-order chi connectivity index (χ0) is 20.5. The maximum atomic E-state index is 12.8. The molecule has 1 fully saturated rings. The first kappa shape index (κ1) is 21.7. The summed E-state index contributed by atoms with van der Waals surface area (Å²) in [6.07, 6.45) is 0.0646. The van der Waals surface area contributed by atoms with Crippen molar-refractivity contribution in [2.45, 2.75) is 11.3 Å². The van der Waals surface area contributed by atoms with E-state index in [1.165, 1.54) is 22.5 Å². The van der Waals surface area contributed by atoms with Gasteiger partial charge in [0, 0.05) is 46.3 Å². The Morgan fingerprint density at radius 3 is 1.96 bits per heavy atom. The fourth-order valence-electron chi connectivity index (χ4n) is 2.97. The highest BCUT2D eigenvalue weighted by Crippen LogP contribution is 2.27. The predicted octanol–water partition coefficient (Wildman–Crippen LogP) is 4.38. The average molecular weight is 482 g/mol. The van der Waals surface area contributed by atoms with Crippen LogP contribution >= 0.6 is 46.4 Å². The van der Waals surface area contributed by atoms with Crippen LogP contribution in [0, 0.1) is 0 Å². The molecule has 1 heterocycles. The third kappa shape index (κ3) is 4.75. The molecule has 0 aliphatic carbocycles. The van der Waals surface area contributed by atoms with Gasteiger partial charge in [0.05, 0.1) is 11.3 Å². The summed E-state index contributed by atoms with van der Waals surface area (Å²) in [7, 11) is -3.74. The Morgan fingerprint density at radius 2 is 1.43 bits per heavy atom. The Kier molecular flexibility index (Phi) is 6.80. The van der Waals surface area contributed by atoms with Crippen molar-refractivity contribution in [1.82, 2.24) is 9.21 Å². The van der Waals surface area contributed by atoms with Gasteiger partial charge in [-0.3, -0.25) is 4.79 Å². The molecule has 1 aliphatic rings. The van der Waals surface area contributed by atoms with Gasteiger partial charge in [0.25, 0.3) is 0 Å². The van der Waals surface area contributed by atoms with Gasteiger partial charge in [0.2, 0.25) is 15.9 Å². The van der Waals surface area contributed by atoms with Crippen molar-refractivity contribution in [3.8, 4) is 0 Å². The van der Waals surface area contributed by atoms with Crippen LogP contribution in [0.2, 0.25) is 20.1 Å².